The van der Waals surface area contributed by atoms with E-state index in [4.69, 9.17) is 4.74 Å². The van der Waals surface area contributed by atoms with Crippen LogP contribution in [0.2, 0.25) is 0 Å². The van der Waals surface area contributed by atoms with Crippen LogP contribution in [-0.2, 0) is 4.79 Å². The molecule has 2 unspecified atom stereocenters. The Balaban J connectivity index is 2.11. The lowest BCUT2D eigenvalue weighted by Gasteiger charge is -2.45. The largest absolute Gasteiger partial charge is 0.485 e. The van der Waals surface area contributed by atoms with Crippen LogP contribution in [0.3, 0.4) is 0 Å². The number of benzene rings is 1. The van der Waals surface area contributed by atoms with Gasteiger partial charge in [-0.05, 0) is 45.8 Å². The molecule has 128 valence electrons. The van der Waals surface area contributed by atoms with Gasteiger partial charge in [-0.3, -0.25) is 9.69 Å². The quantitative estimate of drug-likeness (QED) is 0.868. The fourth-order valence-corrected chi connectivity index (χ4v) is 3.61. The highest BCUT2D eigenvalue weighted by Gasteiger charge is 2.46. The van der Waals surface area contributed by atoms with Crippen molar-refractivity contribution in [2.45, 2.75) is 51.4 Å². The highest BCUT2D eigenvalue weighted by molar-refractivity contribution is 5.90. The lowest BCUT2D eigenvalue weighted by atomic mass is 9.84. The number of aliphatic hydroxyl groups excluding tert-OH is 1. The summed E-state index contributed by atoms with van der Waals surface area (Å²) in [6.07, 6.45) is 1.52. The lowest BCUT2D eigenvalue weighted by Crippen LogP contribution is -2.53. The monoisotopic (exact) mass is 329 g/mol. The molecule has 0 saturated carbocycles. The first-order chi connectivity index (χ1) is 11.3. The van der Waals surface area contributed by atoms with E-state index in [1.807, 2.05) is 13.8 Å². The number of likely N-dealkylation sites (tertiary alicyclic amines) is 1. The van der Waals surface area contributed by atoms with Crippen LogP contribution in [0.5, 0.6) is 5.75 Å². The minimum Gasteiger partial charge on any atom is -0.485 e. The summed E-state index contributed by atoms with van der Waals surface area (Å²) in [5.41, 5.74) is 0.885. The van der Waals surface area contributed by atoms with Gasteiger partial charge in [0.1, 0.15) is 23.5 Å². The number of anilines is 1. The Bertz CT molecular complexity index is 702. The van der Waals surface area contributed by atoms with Gasteiger partial charge in [0.2, 0.25) is 5.91 Å². The molecule has 0 aromatic heterocycles. The number of nitrogens with zero attached hydrogens (tertiary/aromatic N) is 2. The van der Waals surface area contributed by atoms with E-state index in [0.717, 1.165) is 31.5 Å². The smallest absolute Gasteiger partial charge is 0.221 e. The second-order valence-corrected chi connectivity index (χ2v) is 7.07. The number of nitrogens with one attached hydrogen (secondary N) is 1. The van der Waals surface area contributed by atoms with Crippen molar-refractivity contribution in [1.29, 1.82) is 5.26 Å². The maximum absolute atomic E-state index is 11.4. The summed E-state index contributed by atoms with van der Waals surface area (Å²) in [6, 6.07) is 5.36. The number of hydrogen-bond acceptors (Lipinski definition) is 5. The third kappa shape index (κ3) is 2.85. The molecule has 3 rings (SSSR count). The first kappa shape index (κ1) is 16.7. The maximum atomic E-state index is 11.4. The molecule has 24 heavy (non-hydrogen) atoms. The van der Waals surface area contributed by atoms with Gasteiger partial charge >= 0.3 is 0 Å². The number of fused-ring (bicyclic) bond motifs is 1. The molecule has 1 saturated heterocycles. The first-order valence-electron chi connectivity index (χ1n) is 8.30. The molecular formula is C18H23N3O3. The SMILES string of the molecule is CC(=O)Nc1cc2c(cc1C#N)C(N1CCCC1)C(O)C(C)(C)O2. The van der Waals surface area contributed by atoms with Crippen molar-refractivity contribution < 1.29 is 14.6 Å². The fourth-order valence-electron chi connectivity index (χ4n) is 3.61. The molecule has 2 aliphatic rings. The second kappa shape index (κ2) is 6.08. The number of amides is 1. The zero-order valence-corrected chi connectivity index (χ0v) is 14.3. The number of rotatable bonds is 2. The molecule has 0 bridgehead atoms. The van der Waals surface area contributed by atoms with Crippen LogP contribution in [0.25, 0.3) is 0 Å². The molecule has 6 heteroatoms. The van der Waals surface area contributed by atoms with E-state index in [2.05, 4.69) is 16.3 Å². The van der Waals surface area contributed by atoms with Crippen molar-refractivity contribution in [2.24, 2.45) is 0 Å². The molecule has 0 aliphatic carbocycles. The molecule has 6 nitrogen and oxygen atoms in total. The molecule has 2 N–H and O–H groups in total. The summed E-state index contributed by atoms with van der Waals surface area (Å²) in [4.78, 5) is 13.6. The van der Waals surface area contributed by atoms with Gasteiger partial charge in [-0.25, -0.2) is 0 Å². The van der Waals surface area contributed by atoms with Gasteiger partial charge < -0.3 is 15.2 Å². The third-order valence-electron chi connectivity index (χ3n) is 4.82. The summed E-state index contributed by atoms with van der Waals surface area (Å²) < 4.78 is 6.01. The van der Waals surface area contributed by atoms with Crippen molar-refractivity contribution in [3.8, 4) is 11.8 Å². The highest BCUT2D eigenvalue weighted by Crippen LogP contribution is 2.45. The number of carbonyl (C=O) groups is 1. The van der Waals surface area contributed by atoms with E-state index in [0.29, 0.717) is 17.0 Å². The predicted molar refractivity (Wildman–Crippen MR) is 89.7 cm³/mol. The molecule has 1 amide bonds. The van der Waals surface area contributed by atoms with Crippen LogP contribution < -0.4 is 10.1 Å². The van der Waals surface area contributed by atoms with Crippen LogP contribution in [0.4, 0.5) is 5.69 Å². The van der Waals surface area contributed by atoms with E-state index >= 15 is 0 Å². The Labute approximate surface area is 142 Å². The van der Waals surface area contributed by atoms with Crippen molar-refractivity contribution >= 4 is 11.6 Å². The van der Waals surface area contributed by atoms with Crippen molar-refractivity contribution in [3.63, 3.8) is 0 Å². The van der Waals surface area contributed by atoms with Crippen LogP contribution in [0.15, 0.2) is 12.1 Å². The highest BCUT2D eigenvalue weighted by atomic mass is 16.5. The van der Waals surface area contributed by atoms with Crippen molar-refractivity contribution in [2.75, 3.05) is 18.4 Å². The Morgan fingerprint density at radius 1 is 1.42 bits per heavy atom. The van der Waals surface area contributed by atoms with E-state index in [1.165, 1.54) is 6.92 Å². The Morgan fingerprint density at radius 3 is 2.67 bits per heavy atom. The van der Waals surface area contributed by atoms with E-state index < -0.39 is 11.7 Å². The van der Waals surface area contributed by atoms with E-state index in [-0.39, 0.29) is 11.9 Å². The number of aliphatic hydroxyl groups is 1. The molecule has 2 aliphatic heterocycles. The number of carbonyl (C=O) groups excluding carboxylic acids is 1. The van der Waals surface area contributed by atoms with Gasteiger partial charge in [0.05, 0.1) is 17.3 Å². The second-order valence-electron chi connectivity index (χ2n) is 7.07. The summed E-state index contributed by atoms with van der Waals surface area (Å²) in [7, 11) is 0. The standard InChI is InChI=1S/C18H23N3O3/c1-11(22)20-14-9-15-13(8-12(14)10-19)16(21-6-4-5-7-21)17(23)18(2,3)24-15/h8-9,16-17,23H,4-7H2,1-3H3,(H,20,22). The topological polar surface area (TPSA) is 85.6 Å². The molecule has 2 heterocycles. The third-order valence-corrected chi connectivity index (χ3v) is 4.82. The fraction of sp³-hybridized carbons (Fsp3) is 0.556. The summed E-state index contributed by atoms with van der Waals surface area (Å²) >= 11 is 0. The first-order valence-corrected chi connectivity index (χ1v) is 8.30. The molecule has 2 atom stereocenters. The van der Waals surface area contributed by atoms with E-state index in [1.54, 1.807) is 12.1 Å². The Kier molecular flexibility index (Phi) is 4.24. The average molecular weight is 329 g/mol. The maximum Gasteiger partial charge on any atom is 0.221 e. The number of nitriles is 1. The summed E-state index contributed by atoms with van der Waals surface area (Å²) in [5.74, 6) is 0.377. The zero-order chi connectivity index (χ0) is 17.5. The van der Waals surface area contributed by atoms with Gasteiger partial charge in [-0.2, -0.15) is 5.26 Å². The van der Waals surface area contributed by atoms with E-state index in [9.17, 15) is 15.2 Å². The zero-order valence-electron chi connectivity index (χ0n) is 14.3. The van der Waals surface area contributed by atoms with Crippen LogP contribution in [0, 0.1) is 11.3 Å². The summed E-state index contributed by atoms with van der Waals surface area (Å²) in [5, 5.41) is 23.0. The van der Waals surface area contributed by atoms with Gasteiger partial charge in [-0.15, -0.1) is 0 Å². The number of hydrogen-bond donors (Lipinski definition) is 2. The van der Waals surface area contributed by atoms with Gasteiger partial charge in [0, 0.05) is 18.6 Å². The Hall–Kier alpha value is -2.10. The van der Waals surface area contributed by atoms with Crippen molar-refractivity contribution in [1.82, 2.24) is 4.90 Å². The summed E-state index contributed by atoms with van der Waals surface area (Å²) in [6.45, 7) is 6.97. The molecule has 1 fully saturated rings. The van der Waals surface area contributed by atoms with Gasteiger partial charge in [-0.1, -0.05) is 0 Å². The van der Waals surface area contributed by atoms with Crippen LogP contribution >= 0.6 is 0 Å². The van der Waals surface area contributed by atoms with Crippen LogP contribution in [-0.4, -0.2) is 40.7 Å². The molecule has 0 radical (unpaired) electrons. The molecular weight excluding hydrogens is 306 g/mol. The predicted octanol–water partition coefficient (Wildman–Crippen LogP) is 2.19. The normalized spacial score (nSPS) is 25.5. The average Bonchev–Trinajstić information content (AvgIpc) is 3.01. The van der Waals surface area contributed by atoms with Crippen molar-refractivity contribution in [3.05, 3.63) is 23.3 Å². The molecule has 1 aromatic carbocycles. The molecule has 0 spiro atoms. The Morgan fingerprint density at radius 2 is 2.08 bits per heavy atom. The van der Waals surface area contributed by atoms with Gasteiger partial charge in [0.15, 0.2) is 0 Å². The van der Waals surface area contributed by atoms with Gasteiger partial charge in [0.25, 0.3) is 0 Å². The number of ether oxygens (including phenoxy) is 1. The minimum absolute atomic E-state index is 0.204. The minimum atomic E-state index is -0.748. The lowest BCUT2D eigenvalue weighted by molar-refractivity contribution is -0.114. The van der Waals surface area contributed by atoms with Crippen LogP contribution in [0.1, 0.15) is 50.8 Å². The molecule has 1 aromatic rings.